The molecule has 1 rings (SSSR count). The minimum Gasteiger partial charge on any atom is -0.391 e. The predicted octanol–water partition coefficient (Wildman–Crippen LogP) is 1.80. The van der Waals surface area contributed by atoms with Gasteiger partial charge in [-0.1, -0.05) is 19.8 Å². The van der Waals surface area contributed by atoms with Crippen LogP contribution in [0.5, 0.6) is 0 Å². The number of nitrogens with one attached hydrogen (secondary N) is 1. The molecule has 0 aromatic rings. The van der Waals surface area contributed by atoms with Crippen LogP contribution in [0.1, 0.15) is 39.0 Å². The first-order valence-electron chi connectivity index (χ1n) is 6.26. The Hall–Kier alpha value is -0.220. The fourth-order valence-corrected chi connectivity index (χ4v) is 2.74. The van der Waals surface area contributed by atoms with Crippen LogP contribution in [0.25, 0.3) is 0 Å². The van der Waals surface area contributed by atoms with Gasteiger partial charge in [-0.2, -0.15) is 11.8 Å². The van der Waals surface area contributed by atoms with E-state index in [-0.39, 0.29) is 12.0 Å². The van der Waals surface area contributed by atoms with E-state index in [9.17, 15) is 9.90 Å². The summed E-state index contributed by atoms with van der Waals surface area (Å²) in [5, 5.41) is 12.7. The summed E-state index contributed by atoms with van der Waals surface area (Å²) in [4.78, 5) is 11.4. The van der Waals surface area contributed by atoms with Crippen molar-refractivity contribution in [2.24, 2.45) is 5.92 Å². The third-order valence-corrected chi connectivity index (χ3v) is 4.03. The highest BCUT2D eigenvalue weighted by Crippen LogP contribution is 2.27. The van der Waals surface area contributed by atoms with Gasteiger partial charge in [0.1, 0.15) is 0 Å². The second-order valence-corrected chi connectivity index (χ2v) is 5.76. The number of carbonyl (C=O) groups excluding carboxylic acids is 1. The maximum Gasteiger partial charge on any atom is 0.220 e. The molecule has 1 saturated carbocycles. The molecule has 94 valence electrons. The quantitative estimate of drug-likeness (QED) is 0.672. The summed E-state index contributed by atoms with van der Waals surface area (Å²) >= 11 is 1.77. The first-order valence-corrected chi connectivity index (χ1v) is 7.42. The van der Waals surface area contributed by atoms with Crippen molar-refractivity contribution in [2.75, 3.05) is 18.1 Å². The van der Waals surface area contributed by atoms with Crippen molar-refractivity contribution in [3.05, 3.63) is 0 Å². The lowest BCUT2D eigenvalue weighted by atomic mass is 10.0. The maximum absolute atomic E-state index is 11.4. The summed E-state index contributed by atoms with van der Waals surface area (Å²) < 4.78 is 0. The fraction of sp³-hybridized carbons (Fsp3) is 0.917. The minimum absolute atomic E-state index is 0.0676. The van der Waals surface area contributed by atoms with Crippen molar-refractivity contribution >= 4 is 17.7 Å². The number of carbonyl (C=O) groups is 1. The molecule has 3 nitrogen and oxygen atoms in total. The normalized spacial score (nSPS) is 18.6. The standard InChI is InChI=1S/C12H23NO2S/c1-2-16-8-7-12(15)13-9-11(14)10-5-3-4-6-10/h10-11,14H,2-9H2,1H3,(H,13,15). The van der Waals surface area contributed by atoms with Gasteiger partial charge in [0.25, 0.3) is 0 Å². The van der Waals surface area contributed by atoms with Crippen LogP contribution in [-0.4, -0.2) is 35.2 Å². The van der Waals surface area contributed by atoms with Crippen molar-refractivity contribution in [3.63, 3.8) is 0 Å². The number of aliphatic hydroxyl groups excluding tert-OH is 1. The molecule has 0 spiro atoms. The Bertz CT molecular complexity index is 205. The first-order chi connectivity index (χ1) is 7.74. The predicted molar refractivity (Wildman–Crippen MR) is 68.6 cm³/mol. The zero-order chi connectivity index (χ0) is 11.8. The molecule has 0 heterocycles. The van der Waals surface area contributed by atoms with E-state index in [1.807, 2.05) is 0 Å². The van der Waals surface area contributed by atoms with Gasteiger partial charge >= 0.3 is 0 Å². The summed E-state index contributed by atoms with van der Waals surface area (Å²) in [5.74, 6) is 2.41. The van der Waals surface area contributed by atoms with Gasteiger partial charge in [0.05, 0.1) is 6.10 Å². The van der Waals surface area contributed by atoms with Crippen molar-refractivity contribution in [1.29, 1.82) is 0 Å². The summed E-state index contributed by atoms with van der Waals surface area (Å²) in [7, 11) is 0. The number of rotatable bonds is 7. The molecule has 0 aromatic heterocycles. The van der Waals surface area contributed by atoms with Gasteiger partial charge in [0, 0.05) is 18.7 Å². The monoisotopic (exact) mass is 245 g/mol. The Morgan fingerprint density at radius 3 is 2.81 bits per heavy atom. The largest absolute Gasteiger partial charge is 0.391 e. The zero-order valence-corrected chi connectivity index (χ0v) is 10.9. The summed E-state index contributed by atoms with van der Waals surface area (Å²) in [5.41, 5.74) is 0. The number of hydrogen-bond donors (Lipinski definition) is 2. The molecular formula is C12H23NO2S. The average Bonchev–Trinajstić information content (AvgIpc) is 2.79. The highest BCUT2D eigenvalue weighted by Gasteiger charge is 2.23. The lowest BCUT2D eigenvalue weighted by Crippen LogP contribution is -2.35. The highest BCUT2D eigenvalue weighted by molar-refractivity contribution is 7.99. The molecule has 0 saturated heterocycles. The molecule has 1 fully saturated rings. The van der Waals surface area contributed by atoms with Gasteiger partial charge in [-0.15, -0.1) is 0 Å². The van der Waals surface area contributed by atoms with Gasteiger partial charge in [-0.3, -0.25) is 4.79 Å². The van der Waals surface area contributed by atoms with Gasteiger partial charge in [-0.05, 0) is 24.5 Å². The molecule has 1 aliphatic rings. The van der Waals surface area contributed by atoms with Crippen LogP contribution in [0.2, 0.25) is 0 Å². The summed E-state index contributed by atoms with van der Waals surface area (Å²) in [6.45, 7) is 2.52. The molecule has 0 aliphatic heterocycles. The Kier molecular flexibility index (Phi) is 6.88. The van der Waals surface area contributed by atoms with Crippen LogP contribution in [0, 0.1) is 5.92 Å². The molecule has 1 amide bonds. The molecule has 0 aromatic carbocycles. The number of thioether (sulfide) groups is 1. The topological polar surface area (TPSA) is 49.3 Å². The molecule has 0 bridgehead atoms. The molecule has 4 heteroatoms. The van der Waals surface area contributed by atoms with Gasteiger partial charge in [-0.25, -0.2) is 0 Å². The van der Waals surface area contributed by atoms with Crippen LogP contribution in [-0.2, 0) is 4.79 Å². The van der Waals surface area contributed by atoms with Crippen molar-refractivity contribution in [3.8, 4) is 0 Å². The molecule has 1 aliphatic carbocycles. The van der Waals surface area contributed by atoms with Crippen LogP contribution < -0.4 is 5.32 Å². The first kappa shape index (κ1) is 13.8. The second kappa shape index (κ2) is 7.96. The molecule has 1 atom stereocenters. The third kappa shape index (κ3) is 5.21. The Balaban J connectivity index is 2.06. The van der Waals surface area contributed by atoms with E-state index in [4.69, 9.17) is 0 Å². The number of amides is 1. The lowest BCUT2D eigenvalue weighted by Gasteiger charge is -2.17. The average molecular weight is 245 g/mol. The highest BCUT2D eigenvalue weighted by atomic mass is 32.2. The van der Waals surface area contributed by atoms with Crippen LogP contribution in [0.3, 0.4) is 0 Å². The lowest BCUT2D eigenvalue weighted by molar-refractivity contribution is -0.121. The molecule has 16 heavy (non-hydrogen) atoms. The van der Waals surface area contributed by atoms with Crippen molar-refractivity contribution < 1.29 is 9.90 Å². The fourth-order valence-electron chi connectivity index (χ4n) is 2.12. The van der Waals surface area contributed by atoms with Crippen LogP contribution >= 0.6 is 11.8 Å². The van der Waals surface area contributed by atoms with E-state index in [0.29, 0.717) is 18.9 Å². The molecule has 1 unspecified atom stereocenters. The SMILES string of the molecule is CCSCCC(=O)NCC(O)C1CCCC1. The van der Waals surface area contributed by atoms with E-state index in [0.717, 1.165) is 24.3 Å². The number of hydrogen-bond acceptors (Lipinski definition) is 3. The van der Waals surface area contributed by atoms with Gasteiger partial charge < -0.3 is 10.4 Å². The van der Waals surface area contributed by atoms with Gasteiger partial charge in [0.2, 0.25) is 5.91 Å². The van der Waals surface area contributed by atoms with E-state index in [1.54, 1.807) is 11.8 Å². The Morgan fingerprint density at radius 1 is 1.50 bits per heavy atom. The van der Waals surface area contributed by atoms with E-state index >= 15 is 0 Å². The van der Waals surface area contributed by atoms with E-state index in [1.165, 1.54) is 12.8 Å². The van der Waals surface area contributed by atoms with Gasteiger partial charge in [0.15, 0.2) is 0 Å². The Morgan fingerprint density at radius 2 is 2.19 bits per heavy atom. The van der Waals surface area contributed by atoms with E-state index < -0.39 is 0 Å². The summed E-state index contributed by atoms with van der Waals surface area (Å²) in [6, 6.07) is 0. The minimum atomic E-state index is -0.342. The van der Waals surface area contributed by atoms with Crippen molar-refractivity contribution in [1.82, 2.24) is 5.32 Å². The van der Waals surface area contributed by atoms with Crippen LogP contribution in [0.15, 0.2) is 0 Å². The number of aliphatic hydroxyl groups is 1. The second-order valence-electron chi connectivity index (χ2n) is 4.36. The third-order valence-electron chi connectivity index (χ3n) is 3.13. The smallest absolute Gasteiger partial charge is 0.220 e. The molecular weight excluding hydrogens is 222 g/mol. The van der Waals surface area contributed by atoms with Crippen LogP contribution in [0.4, 0.5) is 0 Å². The Labute approximate surface area is 102 Å². The van der Waals surface area contributed by atoms with E-state index in [2.05, 4.69) is 12.2 Å². The zero-order valence-electron chi connectivity index (χ0n) is 10.1. The summed E-state index contributed by atoms with van der Waals surface area (Å²) in [6.07, 6.45) is 4.90. The van der Waals surface area contributed by atoms with Crippen molar-refractivity contribution in [2.45, 2.75) is 45.1 Å². The molecule has 2 N–H and O–H groups in total. The molecule has 0 radical (unpaired) electrons. The maximum atomic E-state index is 11.4.